The van der Waals surface area contributed by atoms with E-state index < -0.39 is 111 Å². The number of halogens is 14. The fourth-order valence-corrected chi connectivity index (χ4v) is 7.15. The van der Waals surface area contributed by atoms with Crippen molar-refractivity contribution in [3.63, 3.8) is 0 Å². The van der Waals surface area contributed by atoms with E-state index in [2.05, 4.69) is 22.5 Å². The van der Waals surface area contributed by atoms with E-state index in [0.29, 0.717) is 16.7 Å². The minimum atomic E-state index is -4.73. The average molecular weight is 832 g/mol. The zero-order valence-electron chi connectivity index (χ0n) is 25.6. The molecule has 2 aromatic carbocycles. The molecule has 1 amide bonds. The average Bonchev–Trinajstić information content (AvgIpc) is 3.25. The van der Waals surface area contributed by atoms with Crippen molar-refractivity contribution in [1.29, 1.82) is 0 Å². The Bertz CT molecular complexity index is 1690. The fraction of sp³-hybridized carbons (Fsp3) is 0.444. The topological polar surface area (TPSA) is 78.8 Å². The van der Waals surface area contributed by atoms with Crippen LogP contribution in [-0.2, 0) is 26.4 Å². The molecule has 0 spiro atoms. The lowest BCUT2D eigenvalue weighted by molar-refractivity contribution is -0.150. The highest BCUT2D eigenvalue weighted by atomic mass is 32.2. The van der Waals surface area contributed by atoms with Crippen LogP contribution in [0, 0.1) is 25.5 Å². The number of amides is 1. The summed E-state index contributed by atoms with van der Waals surface area (Å²) >= 11 is 5.29. The SMILES string of the molecule is Cc1cc(F)c(N=C2SCC(=O)N2CC(F)(F)F)cc1S(=O)CC(F)(F)F.Cc1cc(F)c(NC(=S)CCC(F)(F)F)cc1S(=O)CC(F)(F)F. The first-order valence-corrected chi connectivity index (χ1v) is 17.5. The number of benzene rings is 2. The standard InChI is InChI=1S/C14H11F7N2O2S2.C13H12F7NOS2/c1-7-2-8(15)9(3-10(7)27(25)6-14(19,20)21)22-12-23(5-13(16,17)18)11(24)4-26-12;1-7-4-8(14)9(21-11(23)2-3-12(15,16)17)5-10(7)24(22)6-13(18,19)20/h2-3H,4-6H2,1H3;4-5H,2-3,6H2,1H3,(H,21,23). The summed E-state index contributed by atoms with van der Waals surface area (Å²) in [6.45, 7) is 0.893. The van der Waals surface area contributed by atoms with Crippen molar-refractivity contribution in [3.8, 4) is 0 Å². The Balaban J connectivity index is 0.000000356. The van der Waals surface area contributed by atoms with Crippen molar-refractivity contribution in [1.82, 2.24) is 4.90 Å². The van der Waals surface area contributed by atoms with Crippen molar-refractivity contribution in [2.45, 2.75) is 61.2 Å². The zero-order chi connectivity index (χ0) is 39.3. The van der Waals surface area contributed by atoms with Crippen LogP contribution < -0.4 is 5.32 Å². The van der Waals surface area contributed by atoms with Crippen LogP contribution in [0.25, 0.3) is 0 Å². The number of thiocarbonyl (C=S) groups is 1. The molecule has 1 heterocycles. The highest BCUT2D eigenvalue weighted by Gasteiger charge is 2.39. The van der Waals surface area contributed by atoms with Crippen LogP contribution in [0.4, 0.5) is 72.8 Å². The number of thioether (sulfide) groups is 1. The number of aliphatic imine (C=N–C) groups is 1. The molecule has 1 saturated heterocycles. The molecule has 6 nitrogen and oxygen atoms in total. The lowest BCUT2D eigenvalue weighted by atomic mass is 10.2. The molecule has 0 bridgehead atoms. The summed E-state index contributed by atoms with van der Waals surface area (Å²) in [7, 11) is -5.02. The molecule has 24 heteroatoms. The van der Waals surface area contributed by atoms with E-state index >= 15 is 0 Å². The summed E-state index contributed by atoms with van der Waals surface area (Å²) in [5.74, 6) is -6.45. The first kappa shape index (κ1) is 44.3. The summed E-state index contributed by atoms with van der Waals surface area (Å²) in [5.41, 5.74) is -1.02. The molecule has 0 saturated carbocycles. The number of aryl methyl sites for hydroxylation is 2. The van der Waals surface area contributed by atoms with Gasteiger partial charge in [0.1, 0.15) is 35.4 Å². The van der Waals surface area contributed by atoms with Crippen molar-refractivity contribution in [2.24, 2.45) is 4.99 Å². The number of amidine groups is 1. The summed E-state index contributed by atoms with van der Waals surface area (Å²) in [6.07, 6.45) is -20.4. The van der Waals surface area contributed by atoms with E-state index in [4.69, 9.17) is 0 Å². The number of nitrogens with zero attached hydrogens (tertiary/aromatic N) is 2. The normalized spacial score (nSPS) is 16.2. The molecule has 2 aromatic rings. The summed E-state index contributed by atoms with van der Waals surface area (Å²) in [6, 6.07) is 3.29. The summed E-state index contributed by atoms with van der Waals surface area (Å²) in [5, 5.41) is 1.77. The van der Waals surface area contributed by atoms with Gasteiger partial charge in [0.2, 0.25) is 5.91 Å². The predicted octanol–water partition coefficient (Wildman–Crippen LogP) is 8.82. The van der Waals surface area contributed by atoms with Gasteiger partial charge < -0.3 is 5.32 Å². The van der Waals surface area contributed by atoms with E-state index in [1.807, 2.05) is 0 Å². The maximum Gasteiger partial charge on any atom is 0.406 e. The van der Waals surface area contributed by atoms with Crippen molar-refractivity contribution < 1.29 is 74.7 Å². The molecule has 1 aliphatic rings. The number of rotatable bonds is 9. The molecular weight excluding hydrogens is 809 g/mol. The van der Waals surface area contributed by atoms with Crippen LogP contribution in [0.1, 0.15) is 24.0 Å². The van der Waals surface area contributed by atoms with Gasteiger partial charge in [-0.15, -0.1) is 0 Å². The van der Waals surface area contributed by atoms with Crippen LogP contribution in [0.3, 0.4) is 0 Å². The number of carbonyl (C=O) groups excluding carboxylic acids is 1. The van der Waals surface area contributed by atoms with Gasteiger partial charge in [-0.25, -0.2) is 13.8 Å². The molecule has 3 rings (SSSR count). The Morgan fingerprint density at radius 3 is 1.76 bits per heavy atom. The molecule has 1 aliphatic heterocycles. The third kappa shape index (κ3) is 15.3. The van der Waals surface area contributed by atoms with E-state index in [1.54, 1.807) is 0 Å². The molecule has 0 radical (unpaired) electrons. The summed E-state index contributed by atoms with van der Waals surface area (Å²) in [4.78, 5) is 14.6. The quantitative estimate of drug-likeness (QED) is 0.201. The van der Waals surface area contributed by atoms with Gasteiger partial charge in [0.25, 0.3) is 0 Å². The van der Waals surface area contributed by atoms with Crippen molar-refractivity contribution in [3.05, 3.63) is 47.0 Å². The van der Waals surface area contributed by atoms with Crippen LogP contribution in [0.5, 0.6) is 0 Å². The van der Waals surface area contributed by atoms with Gasteiger partial charge >= 0.3 is 24.7 Å². The smallest absolute Gasteiger partial charge is 0.348 e. The third-order valence-corrected chi connectivity index (χ3v) is 10.2. The lowest BCUT2D eigenvalue weighted by Crippen LogP contribution is -2.38. The minimum absolute atomic E-state index is 0.0265. The molecule has 51 heavy (non-hydrogen) atoms. The minimum Gasteiger partial charge on any atom is -0.348 e. The summed E-state index contributed by atoms with van der Waals surface area (Å²) < 4.78 is 200. The molecule has 286 valence electrons. The Morgan fingerprint density at radius 2 is 1.29 bits per heavy atom. The highest BCUT2D eigenvalue weighted by Crippen LogP contribution is 2.32. The van der Waals surface area contributed by atoms with Crippen molar-refractivity contribution >= 4 is 73.0 Å². The Morgan fingerprint density at radius 1 is 0.804 bits per heavy atom. The molecule has 1 fully saturated rings. The first-order chi connectivity index (χ1) is 23.0. The molecule has 0 aliphatic carbocycles. The van der Waals surface area contributed by atoms with Gasteiger partial charge in [0, 0.05) is 22.6 Å². The van der Waals surface area contributed by atoms with E-state index in [-0.39, 0.29) is 31.7 Å². The van der Waals surface area contributed by atoms with E-state index in [1.165, 1.54) is 13.8 Å². The van der Waals surface area contributed by atoms with Gasteiger partial charge in [-0.2, -0.15) is 52.7 Å². The molecule has 2 unspecified atom stereocenters. The predicted molar refractivity (Wildman–Crippen MR) is 166 cm³/mol. The molecule has 0 aromatic heterocycles. The number of hydrogen-bond acceptors (Lipinski definition) is 6. The Hall–Kier alpha value is -2.86. The maximum absolute atomic E-state index is 14.1. The maximum atomic E-state index is 14.1. The Labute approximate surface area is 294 Å². The Kier molecular flexibility index (Phi) is 15.0. The van der Waals surface area contributed by atoms with Gasteiger partial charge in [-0.3, -0.25) is 18.1 Å². The molecule has 2 atom stereocenters. The van der Waals surface area contributed by atoms with Gasteiger partial charge in [0.15, 0.2) is 5.17 Å². The lowest BCUT2D eigenvalue weighted by Gasteiger charge is -2.18. The van der Waals surface area contributed by atoms with Gasteiger partial charge in [-0.1, -0.05) is 24.0 Å². The van der Waals surface area contributed by atoms with Crippen LogP contribution >= 0.6 is 24.0 Å². The fourth-order valence-electron chi connectivity index (χ4n) is 3.81. The van der Waals surface area contributed by atoms with Crippen LogP contribution in [-0.4, -0.2) is 77.9 Å². The van der Waals surface area contributed by atoms with Gasteiger partial charge in [0.05, 0.1) is 38.0 Å². The second-order valence-corrected chi connectivity index (χ2v) is 14.6. The highest BCUT2D eigenvalue weighted by molar-refractivity contribution is 8.15. The number of anilines is 1. The van der Waals surface area contributed by atoms with Crippen LogP contribution in [0.2, 0.25) is 0 Å². The largest absolute Gasteiger partial charge is 0.406 e. The molecule has 1 N–H and O–H groups in total. The monoisotopic (exact) mass is 831 g/mol. The second-order valence-electron chi connectivity index (χ2n) is 10.3. The zero-order valence-corrected chi connectivity index (χ0v) is 28.9. The first-order valence-electron chi connectivity index (χ1n) is 13.5. The van der Waals surface area contributed by atoms with Crippen molar-refractivity contribution in [2.75, 3.05) is 29.1 Å². The third-order valence-electron chi connectivity index (χ3n) is 5.91. The second kappa shape index (κ2) is 17.3. The number of nitrogens with one attached hydrogen (secondary N) is 1. The molecular formula is C27H23F14N3O3S4. The number of alkyl halides is 12. The van der Waals surface area contributed by atoms with E-state index in [0.717, 1.165) is 24.3 Å². The number of carbonyl (C=O) groups is 1. The van der Waals surface area contributed by atoms with Gasteiger partial charge in [-0.05, 0) is 49.2 Å². The van der Waals surface area contributed by atoms with E-state index in [9.17, 15) is 74.7 Å². The number of hydrogen-bond donors (Lipinski definition) is 1. The van der Waals surface area contributed by atoms with Crippen LogP contribution in [0.15, 0.2) is 39.0 Å².